The number of carbonyl (C=O) groups excluding carboxylic acids is 14. The van der Waals surface area contributed by atoms with E-state index in [1.807, 2.05) is 27.7 Å². The zero-order chi connectivity index (χ0) is 88.4. The molecule has 0 radical (unpaired) electrons. The number of aliphatic carboxylic acids is 1. The van der Waals surface area contributed by atoms with Gasteiger partial charge in [-0.3, -0.25) is 86.9 Å². The molecule has 0 aliphatic carbocycles. The van der Waals surface area contributed by atoms with Crippen LogP contribution in [0.2, 0.25) is 0 Å². The molecular weight excluding hydrogens is 1550 g/mol. The Morgan fingerprint density at radius 3 is 1.38 bits per heavy atom. The van der Waals surface area contributed by atoms with Crippen molar-refractivity contribution in [3.05, 3.63) is 108 Å². The number of ketones is 6. The number of thioether (sulfide) groups is 1. The molecule has 3 aromatic carbocycles. The topological polar surface area (TPSA) is 580 Å². The smallest absolute Gasteiger partial charge is 0.305 e. The molecule has 1 aliphatic rings. The number of Topliss-reactive ketones (excluding diaryl/α,β-unsaturated/α-hetero) is 6. The molecule has 1 saturated heterocycles. The van der Waals surface area contributed by atoms with Gasteiger partial charge < -0.3 is 82.5 Å². The number of aliphatic imine (C=N–C) groups is 3. The summed E-state index contributed by atoms with van der Waals surface area (Å²) in [4.78, 5) is 231. The average Bonchev–Trinajstić information content (AvgIpc) is 0.843. The lowest BCUT2D eigenvalue weighted by atomic mass is 9.75. The Kier molecular flexibility index (Phi) is 44.5. The zero-order valence-corrected chi connectivity index (χ0v) is 70.8. The van der Waals surface area contributed by atoms with Gasteiger partial charge in [0.2, 0.25) is 47.3 Å². The van der Waals surface area contributed by atoms with Gasteiger partial charge in [0.1, 0.15) is 29.7 Å². The highest BCUT2D eigenvalue weighted by Gasteiger charge is 2.41. The van der Waals surface area contributed by atoms with Crippen molar-refractivity contribution in [3.63, 3.8) is 0 Å². The van der Waals surface area contributed by atoms with Gasteiger partial charge in [-0.15, -0.1) is 11.8 Å². The Bertz CT molecular complexity index is 3970. The molecule has 0 saturated carbocycles. The third kappa shape index (κ3) is 37.7. The van der Waals surface area contributed by atoms with Crippen LogP contribution in [0.3, 0.4) is 0 Å². The van der Waals surface area contributed by atoms with Gasteiger partial charge in [0.05, 0.1) is 36.3 Å². The highest BCUT2D eigenvalue weighted by molar-refractivity contribution is 8.00. The molecule has 0 bridgehead atoms. The van der Waals surface area contributed by atoms with Crippen LogP contribution in [-0.2, 0) is 91.2 Å². The maximum Gasteiger partial charge on any atom is 0.305 e. The minimum absolute atomic E-state index is 0.0152. The summed E-state index contributed by atoms with van der Waals surface area (Å²) >= 11 is 0.889. The predicted octanol–water partition coefficient (Wildman–Crippen LogP) is 3.00. The molecule has 33 nitrogen and oxygen atoms in total. The van der Waals surface area contributed by atoms with Crippen molar-refractivity contribution in [2.24, 2.45) is 108 Å². The molecule has 0 spiro atoms. The third-order valence-corrected chi connectivity index (χ3v) is 22.2. The molecule has 4 rings (SSSR count). The Hall–Kier alpha value is -10.9. The Morgan fingerprint density at radius 2 is 0.866 bits per heavy atom. The second-order valence-electron chi connectivity index (χ2n) is 31.7. The van der Waals surface area contributed by atoms with Crippen molar-refractivity contribution in [1.82, 2.24) is 37.2 Å². The molecule has 0 unspecified atom stereocenters. The summed E-state index contributed by atoms with van der Waals surface area (Å²) in [5.74, 6) is -20.9. The van der Waals surface area contributed by atoms with Crippen molar-refractivity contribution in [2.75, 3.05) is 31.1 Å². The van der Waals surface area contributed by atoms with Gasteiger partial charge in [-0.05, 0) is 98.1 Å². The van der Waals surface area contributed by atoms with E-state index in [0.717, 1.165) is 11.8 Å². The first kappa shape index (κ1) is 100. The van der Waals surface area contributed by atoms with E-state index in [1.54, 1.807) is 119 Å². The summed E-state index contributed by atoms with van der Waals surface area (Å²) in [7, 11) is 0. The molecule has 654 valence electrons. The van der Waals surface area contributed by atoms with E-state index in [-0.39, 0.29) is 126 Å². The summed E-state index contributed by atoms with van der Waals surface area (Å²) in [5, 5.41) is 29.6. The summed E-state index contributed by atoms with van der Waals surface area (Å²) in [6.45, 7) is 14.2. The van der Waals surface area contributed by atoms with Crippen LogP contribution in [0.4, 0.5) is 0 Å². The molecule has 1 heterocycles. The Labute approximate surface area is 701 Å². The molecule has 1 aliphatic heterocycles. The minimum Gasteiger partial charge on any atom is -0.481 e. The number of nitrogens with one attached hydrogen (secondary N) is 7. The second kappa shape index (κ2) is 52.8. The van der Waals surface area contributed by atoms with Crippen LogP contribution in [0.1, 0.15) is 181 Å². The zero-order valence-electron chi connectivity index (χ0n) is 69.9. The van der Waals surface area contributed by atoms with Gasteiger partial charge >= 0.3 is 5.97 Å². The van der Waals surface area contributed by atoms with Gasteiger partial charge in [0.25, 0.3) is 0 Å². The standard InChI is InChI=1S/C85H127N17O16S/c1-9-51(7)60-45-69(105)59(50(5)6)44-72(108)76(52(8)10-2)102-79(115)57(37-49(3)4)42-71(107)63(39-54-25-16-12-17-26-54)96-74(110)48-119-47-66(67(103)32-33-73(86)109)101-80(116)62(31-22-36-95-85(91)92)98-81(117)64(40-55-27-18-13-19-28-55)99-78(114)58(38-53-23-14-11-15-24-53)43-70(106)61(30-21-35-94-84(89)90)97-82(118)65(46-75(111)112)100-77(113)56(41-68(60)104)29-20-34-93-83(87)88/h11-19,23-28,49-52,56-66,76H,9-10,20-22,29-48H2,1-8H3,(H2,86,109)(H,96,110)(H,97,118)(H,98,117)(H,99,114)(H,100,113)(H,101,116)(H,102,115)(H,111,112)(H4,87,88,93)(H4,89,90,94)(H4,91,92,95)/t51-,52-,56+,57+,58+,59-,60-,61-,62-,63-,64-,65-,66-,76-/m0/s1. The van der Waals surface area contributed by atoms with E-state index in [9.17, 15) is 57.8 Å². The van der Waals surface area contributed by atoms with Crippen LogP contribution in [-0.4, -0.2) is 184 Å². The summed E-state index contributed by atoms with van der Waals surface area (Å²) in [5.41, 5.74) is 41.2. The summed E-state index contributed by atoms with van der Waals surface area (Å²) in [6, 6.07) is 15.4. The molecule has 1 fully saturated rings. The number of amides is 8. The third-order valence-electron chi connectivity index (χ3n) is 21.2. The number of carboxylic acid groups (broad SMARTS) is 1. The summed E-state index contributed by atoms with van der Waals surface area (Å²) in [6.07, 6.45) is -4.06. The molecule has 0 aromatic heterocycles. The quantitative estimate of drug-likeness (QED) is 0.0250. The van der Waals surface area contributed by atoms with Crippen LogP contribution < -0.4 is 77.4 Å². The Balaban J connectivity index is 2.00. The van der Waals surface area contributed by atoms with Gasteiger partial charge in [-0.25, -0.2) is 0 Å². The first-order chi connectivity index (χ1) is 56.4. The average molecular weight is 1680 g/mol. The van der Waals surface area contributed by atoms with Crippen molar-refractivity contribution >= 4 is 118 Å². The number of hydrogen-bond acceptors (Lipinski definition) is 19. The fourth-order valence-electron chi connectivity index (χ4n) is 14.1. The highest BCUT2D eigenvalue weighted by atomic mass is 32.2. The monoisotopic (exact) mass is 1670 g/mol. The molecule has 8 amide bonds. The molecule has 3 aromatic rings. The minimum atomic E-state index is -1.92. The van der Waals surface area contributed by atoms with Gasteiger partial charge in [-0.2, -0.15) is 0 Å². The second-order valence-corrected chi connectivity index (χ2v) is 32.7. The fourth-order valence-corrected chi connectivity index (χ4v) is 15.0. The van der Waals surface area contributed by atoms with Gasteiger partial charge in [-0.1, -0.05) is 159 Å². The number of nitrogens with zero attached hydrogens (tertiary/aromatic N) is 3. The molecule has 34 heteroatoms. The SMILES string of the molecule is CC[C@H](C)[C@@H]1CC(=O)[C@H](C(C)C)CC(=O)[C@H]([C@@H](C)CC)NC(=O)[C@H](CC(C)C)CC(=O)[C@H](Cc2ccccc2)NC(=O)CSC[C@@H](C(=O)CCC(N)=O)NC(=O)[C@H](CCCN=C(N)N)NC(=O)[C@H](Cc2ccccc2)NC(=O)[C@H](Cc2ccccc2)CC(=O)[C@H](CCCN=C(N)N)NC(=O)[C@H](CC(=O)O)NC(=O)[C@H](CCCN=C(N)N)CC1=O. The van der Waals surface area contributed by atoms with E-state index in [1.165, 1.54) is 0 Å². The van der Waals surface area contributed by atoms with E-state index >= 15 is 19.2 Å². The van der Waals surface area contributed by atoms with Crippen LogP contribution in [0.5, 0.6) is 0 Å². The predicted molar refractivity (Wildman–Crippen MR) is 455 cm³/mol. The number of hydrogen-bond donors (Lipinski definition) is 15. The first-order valence-electron chi connectivity index (χ1n) is 41.0. The number of rotatable bonds is 31. The van der Waals surface area contributed by atoms with Crippen LogP contribution in [0.25, 0.3) is 0 Å². The lowest BCUT2D eigenvalue weighted by Gasteiger charge is -2.30. The number of benzene rings is 3. The largest absolute Gasteiger partial charge is 0.481 e. The maximum absolute atomic E-state index is 15.3. The molecule has 119 heavy (non-hydrogen) atoms. The number of carboxylic acids is 1. The Morgan fingerprint density at radius 1 is 0.437 bits per heavy atom. The fraction of sp³-hybridized carbons (Fsp3) is 0.576. The number of primary amides is 1. The van der Waals surface area contributed by atoms with E-state index in [4.69, 9.17) is 40.1 Å². The summed E-state index contributed by atoms with van der Waals surface area (Å²) < 4.78 is 0. The lowest BCUT2D eigenvalue weighted by Crippen LogP contribution is -2.57. The van der Waals surface area contributed by atoms with Crippen LogP contribution in [0, 0.1) is 53.3 Å². The van der Waals surface area contributed by atoms with E-state index in [2.05, 4.69) is 52.2 Å². The van der Waals surface area contributed by atoms with Crippen molar-refractivity contribution in [3.8, 4) is 0 Å². The molecule has 22 N–H and O–H groups in total. The highest BCUT2D eigenvalue weighted by Crippen LogP contribution is 2.31. The number of carbonyl (C=O) groups is 15. The molecule has 14 atom stereocenters. The molecular formula is C85H127N17O16S. The van der Waals surface area contributed by atoms with Gasteiger partial charge in [0.15, 0.2) is 41.0 Å². The van der Waals surface area contributed by atoms with Crippen molar-refractivity contribution in [1.29, 1.82) is 0 Å². The maximum atomic E-state index is 15.3. The van der Waals surface area contributed by atoms with Gasteiger partial charge in [0, 0.05) is 106 Å². The van der Waals surface area contributed by atoms with E-state index < -0.39 is 222 Å². The number of nitrogens with two attached hydrogens (primary N) is 7. The lowest BCUT2D eigenvalue weighted by molar-refractivity contribution is -0.142. The van der Waals surface area contributed by atoms with Crippen LogP contribution in [0.15, 0.2) is 106 Å². The van der Waals surface area contributed by atoms with E-state index in [0.29, 0.717) is 29.5 Å². The van der Waals surface area contributed by atoms with Crippen molar-refractivity contribution < 1.29 is 77.0 Å². The normalized spacial score (nSPS) is 23.4. The van der Waals surface area contributed by atoms with Crippen LogP contribution >= 0.6 is 11.8 Å². The first-order valence-corrected chi connectivity index (χ1v) is 42.2. The van der Waals surface area contributed by atoms with Crippen molar-refractivity contribution in [2.45, 2.75) is 226 Å². The number of guanidine groups is 3.